The van der Waals surface area contributed by atoms with E-state index in [1.54, 1.807) is 13.8 Å². The molecule has 0 fully saturated rings. The molecule has 4 nitrogen and oxygen atoms in total. The van der Waals surface area contributed by atoms with Crippen molar-refractivity contribution in [2.45, 2.75) is 24.8 Å². The smallest absolute Gasteiger partial charge is 0.262 e. The number of nitrogens with one attached hydrogen (secondary N) is 1. The van der Waals surface area contributed by atoms with E-state index in [9.17, 15) is 17.6 Å². The lowest BCUT2D eigenvalue weighted by atomic mass is 10.2. The summed E-state index contributed by atoms with van der Waals surface area (Å²) in [4.78, 5) is 11.3. The molecule has 0 unspecified atom stereocenters. The Morgan fingerprint density at radius 2 is 2.00 bits per heavy atom. The number of benzene rings is 1. The largest absolute Gasteiger partial charge is 0.350 e. The van der Waals surface area contributed by atoms with Crippen molar-refractivity contribution in [3.63, 3.8) is 0 Å². The Bertz CT molecular complexity index is 589. The second kappa shape index (κ2) is 5.54. The van der Waals surface area contributed by atoms with E-state index < -0.39 is 20.8 Å². The van der Waals surface area contributed by atoms with Crippen molar-refractivity contribution in [2.24, 2.45) is 0 Å². The van der Waals surface area contributed by atoms with Crippen LogP contribution in [0.2, 0.25) is 0 Å². The lowest BCUT2D eigenvalue weighted by Gasteiger charge is -2.10. The van der Waals surface area contributed by atoms with Gasteiger partial charge < -0.3 is 5.32 Å². The van der Waals surface area contributed by atoms with Crippen molar-refractivity contribution < 1.29 is 17.6 Å². The Balaban J connectivity index is 3.34. The molecule has 0 saturated carbocycles. The molecule has 0 bridgehead atoms. The standard InChI is InChI=1S/C10H10BrClFNO3S/c1-5(2)14-10(15)6-3-9(18(12,16)17)7(11)4-8(6)13/h3-5H,1-2H3,(H,14,15). The molecule has 1 rings (SSSR count). The van der Waals surface area contributed by atoms with Crippen LogP contribution in [0.5, 0.6) is 0 Å². The van der Waals surface area contributed by atoms with Crippen molar-refractivity contribution in [3.05, 3.63) is 28.0 Å². The van der Waals surface area contributed by atoms with Crippen molar-refractivity contribution in [1.82, 2.24) is 5.32 Å². The summed E-state index contributed by atoms with van der Waals surface area (Å²) < 4.78 is 36.0. The first-order valence-corrected chi connectivity index (χ1v) is 7.97. The van der Waals surface area contributed by atoms with Gasteiger partial charge in [-0.05, 0) is 41.9 Å². The van der Waals surface area contributed by atoms with E-state index in [1.807, 2.05) is 0 Å². The average molecular weight is 359 g/mol. The molecule has 8 heteroatoms. The van der Waals surface area contributed by atoms with Crippen LogP contribution in [0, 0.1) is 5.82 Å². The second-order valence-electron chi connectivity index (χ2n) is 3.83. The molecule has 1 amide bonds. The van der Waals surface area contributed by atoms with Crippen LogP contribution < -0.4 is 5.32 Å². The third kappa shape index (κ3) is 3.66. The zero-order valence-corrected chi connectivity index (χ0v) is 12.7. The third-order valence-electron chi connectivity index (χ3n) is 1.95. The van der Waals surface area contributed by atoms with Crippen LogP contribution in [-0.4, -0.2) is 20.4 Å². The first kappa shape index (κ1) is 15.4. The lowest BCUT2D eigenvalue weighted by molar-refractivity contribution is 0.0939. The molecule has 18 heavy (non-hydrogen) atoms. The van der Waals surface area contributed by atoms with Gasteiger partial charge in [0.05, 0.1) is 10.5 Å². The number of carbonyl (C=O) groups is 1. The highest BCUT2D eigenvalue weighted by atomic mass is 79.9. The molecular weight excluding hydrogens is 349 g/mol. The molecule has 0 radical (unpaired) electrons. The first-order chi connectivity index (χ1) is 8.12. The predicted molar refractivity (Wildman–Crippen MR) is 69.7 cm³/mol. The van der Waals surface area contributed by atoms with Crippen LogP contribution in [0.3, 0.4) is 0 Å². The van der Waals surface area contributed by atoms with Crippen LogP contribution in [-0.2, 0) is 9.05 Å². The van der Waals surface area contributed by atoms with Gasteiger partial charge in [-0.25, -0.2) is 12.8 Å². The Kier molecular flexibility index (Phi) is 4.74. The molecule has 100 valence electrons. The first-order valence-electron chi connectivity index (χ1n) is 4.87. The fraction of sp³-hybridized carbons (Fsp3) is 0.300. The average Bonchev–Trinajstić information content (AvgIpc) is 2.13. The zero-order valence-electron chi connectivity index (χ0n) is 9.50. The topological polar surface area (TPSA) is 63.2 Å². The summed E-state index contributed by atoms with van der Waals surface area (Å²) in [7, 11) is 1.13. The number of amides is 1. The number of hydrogen-bond acceptors (Lipinski definition) is 3. The van der Waals surface area contributed by atoms with Gasteiger partial charge in [-0.15, -0.1) is 0 Å². The van der Waals surface area contributed by atoms with Crippen molar-refractivity contribution in [2.75, 3.05) is 0 Å². The lowest BCUT2D eigenvalue weighted by Crippen LogP contribution is -2.30. The molecule has 0 spiro atoms. The van der Waals surface area contributed by atoms with Gasteiger partial charge in [0.1, 0.15) is 5.82 Å². The molecule has 0 aliphatic rings. The molecule has 0 aliphatic carbocycles. The summed E-state index contributed by atoms with van der Waals surface area (Å²) >= 11 is 2.88. The summed E-state index contributed by atoms with van der Waals surface area (Å²) in [5.41, 5.74) is -0.369. The Morgan fingerprint density at radius 1 is 1.44 bits per heavy atom. The van der Waals surface area contributed by atoms with Crippen LogP contribution in [0.15, 0.2) is 21.5 Å². The van der Waals surface area contributed by atoms with Gasteiger partial charge >= 0.3 is 0 Å². The minimum atomic E-state index is -4.06. The molecule has 0 aliphatic heterocycles. The molecule has 0 aromatic heterocycles. The van der Waals surface area contributed by atoms with Gasteiger partial charge in [-0.2, -0.15) is 0 Å². The maximum Gasteiger partial charge on any atom is 0.262 e. The van der Waals surface area contributed by atoms with E-state index in [4.69, 9.17) is 10.7 Å². The van der Waals surface area contributed by atoms with Gasteiger partial charge in [0, 0.05) is 21.2 Å². The van der Waals surface area contributed by atoms with E-state index in [-0.39, 0.29) is 21.0 Å². The van der Waals surface area contributed by atoms with E-state index >= 15 is 0 Å². The van der Waals surface area contributed by atoms with Crippen molar-refractivity contribution >= 4 is 41.6 Å². The normalized spacial score (nSPS) is 11.7. The van der Waals surface area contributed by atoms with Gasteiger partial charge in [0.25, 0.3) is 15.0 Å². The minimum Gasteiger partial charge on any atom is -0.350 e. The summed E-state index contributed by atoms with van der Waals surface area (Å²) in [6, 6.07) is 1.60. The summed E-state index contributed by atoms with van der Waals surface area (Å²) in [6.45, 7) is 3.40. The molecule has 1 aromatic rings. The van der Waals surface area contributed by atoms with Crippen LogP contribution in [0.4, 0.5) is 4.39 Å². The fourth-order valence-electron chi connectivity index (χ4n) is 1.23. The maximum atomic E-state index is 13.6. The summed E-state index contributed by atoms with van der Waals surface area (Å²) in [5, 5.41) is 2.47. The molecule has 1 aromatic carbocycles. The number of hydrogen-bond donors (Lipinski definition) is 1. The number of rotatable bonds is 3. The summed E-state index contributed by atoms with van der Waals surface area (Å²) in [6.07, 6.45) is 0. The predicted octanol–water partition coefficient (Wildman–Crippen LogP) is 2.65. The maximum absolute atomic E-state index is 13.6. The van der Waals surface area contributed by atoms with E-state index in [0.29, 0.717) is 0 Å². The molecule has 0 heterocycles. The molecule has 1 N–H and O–H groups in total. The quantitative estimate of drug-likeness (QED) is 0.845. The SMILES string of the molecule is CC(C)NC(=O)c1cc(S(=O)(=O)Cl)c(Br)cc1F. The van der Waals surface area contributed by atoms with Crippen LogP contribution >= 0.6 is 26.6 Å². The molecule has 0 atom stereocenters. The monoisotopic (exact) mass is 357 g/mol. The Morgan fingerprint density at radius 3 is 2.44 bits per heavy atom. The Labute approximate surface area is 117 Å². The van der Waals surface area contributed by atoms with Gasteiger partial charge in [-0.3, -0.25) is 4.79 Å². The van der Waals surface area contributed by atoms with Crippen molar-refractivity contribution in [1.29, 1.82) is 0 Å². The van der Waals surface area contributed by atoms with Gasteiger partial charge in [0.2, 0.25) is 0 Å². The van der Waals surface area contributed by atoms with Crippen LogP contribution in [0.25, 0.3) is 0 Å². The zero-order chi connectivity index (χ0) is 14.1. The summed E-state index contributed by atoms with van der Waals surface area (Å²) in [5.74, 6) is -1.53. The van der Waals surface area contributed by atoms with Crippen molar-refractivity contribution in [3.8, 4) is 0 Å². The molecular formula is C10H10BrClFNO3S. The van der Waals surface area contributed by atoms with E-state index in [1.165, 1.54) is 0 Å². The fourth-order valence-corrected chi connectivity index (χ4v) is 3.40. The number of carbonyl (C=O) groups excluding carboxylic acids is 1. The van der Waals surface area contributed by atoms with Gasteiger partial charge in [-0.1, -0.05) is 0 Å². The van der Waals surface area contributed by atoms with E-state index in [0.717, 1.165) is 12.1 Å². The third-order valence-corrected chi connectivity index (χ3v) is 4.23. The number of halogens is 3. The second-order valence-corrected chi connectivity index (χ2v) is 7.22. The Hall–Kier alpha value is -0.660. The highest BCUT2D eigenvalue weighted by Crippen LogP contribution is 2.28. The van der Waals surface area contributed by atoms with Gasteiger partial charge in [0.15, 0.2) is 0 Å². The van der Waals surface area contributed by atoms with Crippen LogP contribution in [0.1, 0.15) is 24.2 Å². The van der Waals surface area contributed by atoms with E-state index in [2.05, 4.69) is 21.2 Å². The highest BCUT2D eigenvalue weighted by Gasteiger charge is 2.21. The highest BCUT2D eigenvalue weighted by molar-refractivity contribution is 9.10. The molecule has 0 saturated heterocycles. The minimum absolute atomic E-state index is 0.0314.